The van der Waals surface area contributed by atoms with Crippen molar-refractivity contribution in [2.45, 2.75) is 5.92 Å². The highest BCUT2D eigenvalue weighted by atomic mass is 19.3. The van der Waals surface area contributed by atoms with Gasteiger partial charge in [0.2, 0.25) is 0 Å². The van der Waals surface area contributed by atoms with Crippen molar-refractivity contribution in [3.8, 4) is 11.1 Å². The Bertz CT molecular complexity index is 739. The molecule has 0 aromatic heterocycles. The van der Waals surface area contributed by atoms with Gasteiger partial charge in [-0.15, -0.1) is 0 Å². The van der Waals surface area contributed by atoms with Crippen LogP contribution in [-0.2, 0) is 5.92 Å². The third-order valence-electron chi connectivity index (χ3n) is 3.39. The van der Waals surface area contributed by atoms with Crippen LogP contribution in [0, 0.1) is 20.2 Å². The van der Waals surface area contributed by atoms with E-state index in [0.717, 1.165) is 24.3 Å². The van der Waals surface area contributed by atoms with E-state index in [1.807, 2.05) is 0 Å². The third-order valence-corrected chi connectivity index (χ3v) is 3.39. The zero-order valence-corrected chi connectivity index (χ0v) is 10.2. The summed E-state index contributed by atoms with van der Waals surface area (Å²) in [6.07, 6.45) is 0. The second kappa shape index (κ2) is 4.05. The Hall–Kier alpha value is -2.90. The number of hydrogen-bond acceptors (Lipinski definition) is 4. The van der Waals surface area contributed by atoms with Crippen LogP contribution in [0.3, 0.4) is 0 Å². The van der Waals surface area contributed by atoms with Crippen LogP contribution in [0.4, 0.5) is 20.2 Å². The minimum Gasteiger partial charge on any atom is -0.258 e. The van der Waals surface area contributed by atoms with Crippen LogP contribution in [0.1, 0.15) is 11.1 Å². The molecule has 21 heavy (non-hydrogen) atoms. The Morgan fingerprint density at radius 2 is 1.19 bits per heavy atom. The molecule has 1 aliphatic rings. The van der Waals surface area contributed by atoms with E-state index < -0.39 is 38.3 Å². The molecule has 0 amide bonds. The van der Waals surface area contributed by atoms with Gasteiger partial charge in [-0.3, -0.25) is 20.2 Å². The van der Waals surface area contributed by atoms with E-state index in [1.165, 1.54) is 12.1 Å². The monoisotopic (exact) mass is 292 g/mol. The maximum atomic E-state index is 14.4. The summed E-state index contributed by atoms with van der Waals surface area (Å²) in [5.41, 5.74) is -1.61. The molecule has 1 aliphatic carbocycles. The van der Waals surface area contributed by atoms with E-state index >= 15 is 0 Å². The summed E-state index contributed by atoms with van der Waals surface area (Å²) in [7, 11) is 0. The fraction of sp³-hybridized carbons (Fsp3) is 0.0769. The van der Waals surface area contributed by atoms with E-state index in [-0.39, 0.29) is 11.1 Å². The van der Waals surface area contributed by atoms with E-state index in [4.69, 9.17) is 0 Å². The second-order valence-electron chi connectivity index (χ2n) is 4.55. The highest BCUT2D eigenvalue weighted by Crippen LogP contribution is 2.52. The molecule has 8 heteroatoms. The summed E-state index contributed by atoms with van der Waals surface area (Å²) >= 11 is 0. The molecule has 0 saturated heterocycles. The Labute approximate surface area is 115 Å². The Morgan fingerprint density at radius 1 is 0.810 bits per heavy atom. The average Bonchev–Trinajstić information content (AvgIpc) is 2.67. The van der Waals surface area contributed by atoms with Crippen LogP contribution in [0.15, 0.2) is 36.4 Å². The standard InChI is InChI=1S/C13H6F2N2O4/c14-13(15)11-5-7(16(18)19)1-3-9(11)10-4-2-8(17(20)21)6-12(10)13/h1-6H. The van der Waals surface area contributed by atoms with Gasteiger partial charge in [-0.1, -0.05) is 0 Å². The van der Waals surface area contributed by atoms with Crippen molar-refractivity contribution in [1.29, 1.82) is 0 Å². The number of nitrogens with zero attached hydrogens (tertiary/aromatic N) is 2. The first-order chi connectivity index (χ1) is 9.82. The molecule has 0 saturated carbocycles. The summed E-state index contributed by atoms with van der Waals surface area (Å²) in [4.78, 5) is 19.9. The lowest BCUT2D eigenvalue weighted by atomic mass is 10.1. The molecule has 0 bridgehead atoms. The summed E-state index contributed by atoms with van der Waals surface area (Å²) in [5.74, 6) is -3.50. The van der Waals surface area contributed by atoms with Crippen molar-refractivity contribution in [3.05, 3.63) is 67.8 Å². The molecule has 2 aromatic rings. The number of fused-ring (bicyclic) bond motifs is 3. The van der Waals surface area contributed by atoms with Crippen molar-refractivity contribution in [1.82, 2.24) is 0 Å². The van der Waals surface area contributed by atoms with Gasteiger partial charge in [-0.2, -0.15) is 8.78 Å². The number of alkyl halides is 2. The highest BCUT2D eigenvalue weighted by molar-refractivity contribution is 5.81. The van der Waals surface area contributed by atoms with Gasteiger partial charge in [0.05, 0.1) is 9.85 Å². The fourth-order valence-corrected chi connectivity index (χ4v) is 2.43. The van der Waals surface area contributed by atoms with Crippen LogP contribution in [0.5, 0.6) is 0 Å². The average molecular weight is 292 g/mol. The lowest BCUT2D eigenvalue weighted by Crippen LogP contribution is -2.11. The van der Waals surface area contributed by atoms with Crippen molar-refractivity contribution in [2.75, 3.05) is 0 Å². The van der Waals surface area contributed by atoms with E-state index in [2.05, 4.69) is 0 Å². The molecule has 0 N–H and O–H groups in total. The molecular formula is C13H6F2N2O4. The molecule has 2 aromatic carbocycles. The van der Waals surface area contributed by atoms with Crippen molar-refractivity contribution < 1.29 is 18.6 Å². The molecule has 0 fully saturated rings. The molecule has 0 radical (unpaired) electrons. The fourth-order valence-electron chi connectivity index (χ4n) is 2.43. The molecule has 0 aliphatic heterocycles. The minimum absolute atomic E-state index is 0.149. The van der Waals surface area contributed by atoms with Crippen molar-refractivity contribution in [2.24, 2.45) is 0 Å². The van der Waals surface area contributed by atoms with Crippen molar-refractivity contribution >= 4 is 11.4 Å². The molecule has 106 valence electrons. The maximum absolute atomic E-state index is 14.4. The zero-order valence-electron chi connectivity index (χ0n) is 10.2. The first kappa shape index (κ1) is 13.1. The number of benzene rings is 2. The molecular weight excluding hydrogens is 286 g/mol. The van der Waals surface area contributed by atoms with Crippen LogP contribution in [0.2, 0.25) is 0 Å². The Balaban J connectivity index is 2.26. The lowest BCUT2D eigenvalue weighted by molar-refractivity contribution is -0.385. The van der Waals surface area contributed by atoms with Gasteiger partial charge >= 0.3 is 0 Å². The first-order valence-corrected chi connectivity index (χ1v) is 5.78. The van der Waals surface area contributed by atoms with E-state index in [1.54, 1.807) is 0 Å². The molecule has 0 atom stereocenters. The molecule has 3 rings (SSSR count). The van der Waals surface area contributed by atoms with Gasteiger partial charge in [-0.25, -0.2) is 0 Å². The van der Waals surface area contributed by atoms with E-state index in [9.17, 15) is 29.0 Å². The topological polar surface area (TPSA) is 86.3 Å². The summed E-state index contributed by atoms with van der Waals surface area (Å²) in [6.45, 7) is 0. The summed E-state index contributed by atoms with van der Waals surface area (Å²) in [6, 6.07) is 6.34. The third kappa shape index (κ3) is 1.76. The molecule has 0 heterocycles. The van der Waals surface area contributed by atoms with Gasteiger partial charge in [-0.05, 0) is 23.3 Å². The predicted molar refractivity (Wildman–Crippen MR) is 68.2 cm³/mol. The molecule has 6 nitrogen and oxygen atoms in total. The number of nitro benzene ring substituents is 2. The summed E-state index contributed by atoms with van der Waals surface area (Å²) in [5, 5.41) is 21.4. The quantitative estimate of drug-likeness (QED) is 0.624. The molecule has 0 spiro atoms. The lowest BCUT2D eigenvalue weighted by Gasteiger charge is -2.11. The number of nitro groups is 2. The van der Waals surface area contributed by atoms with Gasteiger partial charge in [0, 0.05) is 35.4 Å². The predicted octanol–water partition coefficient (Wildman–Crippen LogP) is 3.62. The number of rotatable bonds is 2. The van der Waals surface area contributed by atoms with Crippen LogP contribution in [0.25, 0.3) is 11.1 Å². The number of halogens is 2. The van der Waals surface area contributed by atoms with Crippen LogP contribution in [-0.4, -0.2) is 9.85 Å². The normalized spacial score (nSPS) is 14.4. The van der Waals surface area contributed by atoms with E-state index in [0.29, 0.717) is 0 Å². The molecule has 0 unspecified atom stereocenters. The first-order valence-electron chi connectivity index (χ1n) is 5.78. The Kier molecular flexibility index (Phi) is 2.52. The zero-order chi connectivity index (χ0) is 15.4. The van der Waals surface area contributed by atoms with Gasteiger partial charge in [0.1, 0.15) is 0 Å². The maximum Gasteiger partial charge on any atom is 0.300 e. The SMILES string of the molecule is O=[N+]([O-])c1ccc2c(c1)C(F)(F)c1cc([N+](=O)[O-])ccc1-2. The van der Waals surface area contributed by atoms with Gasteiger partial charge in [0.25, 0.3) is 17.3 Å². The number of hydrogen-bond donors (Lipinski definition) is 0. The van der Waals surface area contributed by atoms with Gasteiger partial charge < -0.3 is 0 Å². The summed E-state index contributed by atoms with van der Waals surface area (Å²) < 4.78 is 28.7. The Morgan fingerprint density at radius 3 is 1.52 bits per heavy atom. The van der Waals surface area contributed by atoms with Crippen LogP contribution < -0.4 is 0 Å². The van der Waals surface area contributed by atoms with Crippen molar-refractivity contribution in [3.63, 3.8) is 0 Å². The number of non-ortho nitro benzene ring substituents is 2. The van der Waals surface area contributed by atoms with Crippen LogP contribution >= 0.6 is 0 Å². The minimum atomic E-state index is -3.50. The van der Waals surface area contributed by atoms with Gasteiger partial charge in [0.15, 0.2) is 0 Å². The largest absolute Gasteiger partial charge is 0.300 e. The second-order valence-corrected chi connectivity index (χ2v) is 4.55. The smallest absolute Gasteiger partial charge is 0.258 e. The highest BCUT2D eigenvalue weighted by Gasteiger charge is 2.46.